The van der Waals surface area contributed by atoms with E-state index in [2.05, 4.69) is 76.3 Å². The third-order valence-electron chi connectivity index (χ3n) is 7.73. The van der Waals surface area contributed by atoms with Crippen molar-refractivity contribution < 1.29 is 9.47 Å². The normalized spacial score (nSPS) is 11.1. The number of ether oxygens (including phenoxy) is 2. The molecule has 0 saturated heterocycles. The summed E-state index contributed by atoms with van der Waals surface area (Å²) in [4.78, 5) is 0. The van der Waals surface area contributed by atoms with E-state index in [1.807, 2.05) is 0 Å². The highest BCUT2D eigenvalue weighted by Crippen LogP contribution is 2.41. The van der Waals surface area contributed by atoms with Crippen molar-refractivity contribution in [3.05, 3.63) is 69.8 Å². The fraction of sp³-hybridized carbons (Fsp3) is 0.389. The van der Waals surface area contributed by atoms with Gasteiger partial charge in [-0.05, 0) is 92.4 Å². The molecule has 0 atom stereocenters. The Balaban J connectivity index is 2.25. The summed E-state index contributed by atoms with van der Waals surface area (Å²) in [6.45, 7) is 9.73. The first-order valence-electron chi connectivity index (χ1n) is 14.2. The number of aryl methyl sites for hydroxylation is 4. The Hall–Kier alpha value is -3.62. The molecule has 38 heavy (non-hydrogen) atoms. The van der Waals surface area contributed by atoms with Crippen molar-refractivity contribution in [1.29, 1.82) is 0 Å². The van der Waals surface area contributed by atoms with Crippen LogP contribution in [0.15, 0.2) is 36.4 Å². The maximum atomic E-state index is 5.59. The number of hydrogen-bond acceptors (Lipinski definition) is 2. The summed E-state index contributed by atoms with van der Waals surface area (Å²) in [6.07, 6.45) is 24.1. The highest BCUT2D eigenvalue weighted by molar-refractivity contribution is 6.11. The zero-order valence-corrected chi connectivity index (χ0v) is 23.5. The monoisotopic (exact) mass is 504 g/mol. The van der Waals surface area contributed by atoms with Gasteiger partial charge in [-0.1, -0.05) is 90.5 Å². The Morgan fingerprint density at radius 1 is 0.500 bits per heavy atom. The van der Waals surface area contributed by atoms with Gasteiger partial charge in [0.1, 0.15) is 25.4 Å². The lowest BCUT2D eigenvalue weighted by Gasteiger charge is -2.24. The largest absolute Gasteiger partial charge is 0.442 e. The smallest absolute Gasteiger partial charge is 0.126 e. The molecule has 4 aromatic carbocycles. The molecule has 2 nitrogen and oxygen atoms in total. The topological polar surface area (TPSA) is 18.5 Å². The molecule has 0 bridgehead atoms. The standard InChI is InChI=1S/C36H40O2/c1-7-15-25-29-19-13-14-20-30(29)26(16-8-2)32-22-34-28(18-10-4)36(24-38-12-6)35(23-37-11-5)27(17-9-3)33(34)21-31(25)32/h5-6,13-14,19-22H,7-10,15-18,23-24H2,1-4H3. The molecule has 0 aliphatic carbocycles. The minimum absolute atomic E-state index is 0.362. The van der Waals surface area contributed by atoms with Crippen LogP contribution >= 0.6 is 0 Å². The minimum atomic E-state index is 0.362. The van der Waals surface area contributed by atoms with E-state index < -0.39 is 0 Å². The van der Waals surface area contributed by atoms with E-state index in [0.717, 1.165) is 62.5 Å². The average Bonchev–Trinajstić information content (AvgIpc) is 2.94. The highest BCUT2D eigenvalue weighted by Gasteiger charge is 2.22. The summed E-state index contributed by atoms with van der Waals surface area (Å²) in [6, 6.07) is 13.9. The number of fused-ring (bicyclic) bond motifs is 3. The van der Waals surface area contributed by atoms with Crippen LogP contribution in [-0.2, 0) is 48.4 Å². The van der Waals surface area contributed by atoms with Crippen LogP contribution in [0.3, 0.4) is 0 Å². The lowest BCUT2D eigenvalue weighted by molar-refractivity contribution is 0.244. The molecule has 196 valence electrons. The molecular formula is C36H40O2. The van der Waals surface area contributed by atoms with Crippen molar-refractivity contribution in [1.82, 2.24) is 0 Å². The first-order chi connectivity index (χ1) is 18.6. The molecule has 0 aliphatic heterocycles. The Bertz CT molecular complexity index is 1410. The van der Waals surface area contributed by atoms with E-state index in [9.17, 15) is 0 Å². The van der Waals surface area contributed by atoms with Crippen LogP contribution in [0.25, 0.3) is 32.3 Å². The number of benzene rings is 4. The zero-order valence-electron chi connectivity index (χ0n) is 23.5. The van der Waals surface area contributed by atoms with Gasteiger partial charge in [-0.15, -0.1) is 0 Å². The van der Waals surface area contributed by atoms with Crippen LogP contribution in [0, 0.1) is 25.1 Å². The molecule has 0 amide bonds. The highest BCUT2D eigenvalue weighted by atomic mass is 16.5. The molecule has 0 radical (unpaired) electrons. The summed E-state index contributed by atoms with van der Waals surface area (Å²) < 4.78 is 11.2. The van der Waals surface area contributed by atoms with Gasteiger partial charge in [-0.3, -0.25) is 0 Å². The molecule has 0 aromatic heterocycles. The second-order valence-corrected chi connectivity index (χ2v) is 10.2. The lowest BCUT2D eigenvalue weighted by atomic mass is 9.82. The van der Waals surface area contributed by atoms with E-state index in [1.54, 1.807) is 0 Å². The number of rotatable bonds is 12. The van der Waals surface area contributed by atoms with Gasteiger partial charge in [0.05, 0.1) is 0 Å². The van der Waals surface area contributed by atoms with Crippen LogP contribution in [0.4, 0.5) is 0 Å². The summed E-state index contributed by atoms with van der Waals surface area (Å²) >= 11 is 0. The molecule has 0 unspecified atom stereocenters. The molecular weight excluding hydrogens is 464 g/mol. The lowest BCUT2D eigenvalue weighted by Crippen LogP contribution is -2.09. The third kappa shape index (κ3) is 5.06. The van der Waals surface area contributed by atoms with Gasteiger partial charge in [-0.2, -0.15) is 0 Å². The van der Waals surface area contributed by atoms with Crippen LogP contribution in [-0.4, -0.2) is 0 Å². The quantitative estimate of drug-likeness (QED) is 0.141. The van der Waals surface area contributed by atoms with Gasteiger partial charge >= 0.3 is 0 Å². The summed E-state index contributed by atoms with van der Waals surface area (Å²) in [5, 5.41) is 8.20. The van der Waals surface area contributed by atoms with Crippen molar-refractivity contribution in [2.75, 3.05) is 0 Å². The molecule has 4 aromatic rings. The average molecular weight is 505 g/mol. The predicted molar refractivity (Wildman–Crippen MR) is 162 cm³/mol. The van der Waals surface area contributed by atoms with Crippen molar-refractivity contribution in [2.45, 2.75) is 92.3 Å². The molecule has 0 spiro atoms. The summed E-state index contributed by atoms with van der Waals surface area (Å²) in [7, 11) is 0. The summed E-state index contributed by atoms with van der Waals surface area (Å²) in [5.74, 6) is 0. The van der Waals surface area contributed by atoms with Gasteiger partial charge < -0.3 is 9.47 Å². The molecule has 0 aliphatic rings. The molecule has 0 saturated carbocycles. The molecule has 0 fully saturated rings. The van der Waals surface area contributed by atoms with Crippen molar-refractivity contribution in [2.24, 2.45) is 0 Å². The van der Waals surface area contributed by atoms with E-state index in [1.165, 1.54) is 54.6 Å². The Kier molecular flexibility index (Phi) is 9.20. The molecule has 0 N–H and O–H groups in total. The second kappa shape index (κ2) is 12.8. The van der Waals surface area contributed by atoms with Crippen LogP contribution < -0.4 is 0 Å². The fourth-order valence-electron chi connectivity index (χ4n) is 6.27. The first-order valence-corrected chi connectivity index (χ1v) is 14.2. The van der Waals surface area contributed by atoms with Crippen LogP contribution in [0.2, 0.25) is 0 Å². The molecule has 0 heterocycles. The maximum absolute atomic E-state index is 5.59. The predicted octanol–water partition coefficient (Wildman–Crippen LogP) is 9.17. The number of terminal acetylenes is 2. The van der Waals surface area contributed by atoms with Crippen LogP contribution in [0.5, 0.6) is 0 Å². The van der Waals surface area contributed by atoms with Crippen molar-refractivity contribution in [3.63, 3.8) is 0 Å². The minimum Gasteiger partial charge on any atom is -0.442 e. The second-order valence-electron chi connectivity index (χ2n) is 10.2. The van der Waals surface area contributed by atoms with E-state index >= 15 is 0 Å². The maximum Gasteiger partial charge on any atom is 0.126 e. The SMILES string of the molecule is C#COCc1c(COC#C)c(CCC)c2cc3c(CCC)c4ccccc4c(CCC)c3cc2c1CCC. The Morgan fingerprint density at radius 2 is 0.842 bits per heavy atom. The van der Waals surface area contributed by atoms with E-state index in [-0.39, 0.29) is 0 Å². The number of hydrogen-bond donors (Lipinski definition) is 0. The van der Waals surface area contributed by atoms with Gasteiger partial charge in [0.2, 0.25) is 0 Å². The van der Waals surface area contributed by atoms with Gasteiger partial charge in [0.25, 0.3) is 0 Å². The van der Waals surface area contributed by atoms with Gasteiger partial charge in [0.15, 0.2) is 0 Å². The fourth-order valence-corrected chi connectivity index (χ4v) is 6.27. The Morgan fingerprint density at radius 3 is 1.18 bits per heavy atom. The van der Waals surface area contributed by atoms with Gasteiger partial charge in [-0.25, -0.2) is 0 Å². The molecule has 4 rings (SSSR count). The zero-order chi connectivity index (χ0) is 27.1. The van der Waals surface area contributed by atoms with Crippen molar-refractivity contribution >= 4 is 32.3 Å². The molecule has 2 heteroatoms. The first kappa shape index (κ1) is 27.4. The van der Waals surface area contributed by atoms with E-state index in [0.29, 0.717) is 13.2 Å². The third-order valence-corrected chi connectivity index (χ3v) is 7.73. The van der Waals surface area contributed by atoms with Gasteiger partial charge in [0, 0.05) is 11.1 Å². The van der Waals surface area contributed by atoms with Crippen LogP contribution in [0.1, 0.15) is 86.8 Å². The van der Waals surface area contributed by atoms with Crippen molar-refractivity contribution in [3.8, 4) is 25.1 Å². The summed E-state index contributed by atoms with van der Waals surface area (Å²) in [5.41, 5.74) is 7.82. The van der Waals surface area contributed by atoms with E-state index in [4.69, 9.17) is 22.3 Å². The Labute approximate surface area is 228 Å².